The van der Waals surface area contributed by atoms with Crippen LogP contribution in [0.1, 0.15) is 29.7 Å². The van der Waals surface area contributed by atoms with Gasteiger partial charge in [-0.05, 0) is 43.5 Å². The first-order chi connectivity index (χ1) is 10.0. The number of nitrogens with one attached hydrogen (secondary N) is 1. The van der Waals surface area contributed by atoms with Crippen LogP contribution in [-0.4, -0.2) is 17.7 Å². The van der Waals surface area contributed by atoms with Crippen molar-refractivity contribution in [2.45, 2.75) is 32.4 Å². The van der Waals surface area contributed by atoms with Gasteiger partial charge in [0.25, 0.3) is 0 Å². The molecule has 2 unspecified atom stereocenters. The zero-order valence-corrected chi connectivity index (χ0v) is 12.5. The molecule has 0 bridgehead atoms. The summed E-state index contributed by atoms with van der Waals surface area (Å²) in [4.78, 5) is 0. The van der Waals surface area contributed by atoms with Crippen LogP contribution < -0.4 is 5.32 Å². The average molecular weight is 287 g/mol. The van der Waals surface area contributed by atoms with E-state index in [4.69, 9.17) is 0 Å². The van der Waals surface area contributed by atoms with Gasteiger partial charge >= 0.3 is 0 Å². The molecule has 0 amide bonds. The lowest BCUT2D eigenvalue weighted by Crippen LogP contribution is -2.32. The van der Waals surface area contributed by atoms with Crippen LogP contribution in [0.25, 0.3) is 0 Å². The molecule has 0 aliphatic carbocycles. The Morgan fingerprint density at radius 3 is 2.52 bits per heavy atom. The molecule has 21 heavy (non-hydrogen) atoms. The Morgan fingerprint density at radius 1 is 1.14 bits per heavy atom. The van der Waals surface area contributed by atoms with Crippen LogP contribution >= 0.6 is 0 Å². The predicted octanol–water partition coefficient (Wildman–Crippen LogP) is 3.39. The largest absolute Gasteiger partial charge is 0.387 e. The molecule has 3 heteroatoms. The SMILES string of the molecule is Cc1ccc(CC(C)NCC(O)c2cccc(F)c2)cc1. The van der Waals surface area contributed by atoms with E-state index in [-0.39, 0.29) is 11.9 Å². The number of aryl methyl sites for hydroxylation is 1. The highest BCUT2D eigenvalue weighted by Crippen LogP contribution is 2.13. The molecular weight excluding hydrogens is 265 g/mol. The molecule has 2 atom stereocenters. The maximum atomic E-state index is 13.1. The summed E-state index contributed by atoms with van der Waals surface area (Å²) < 4.78 is 13.1. The van der Waals surface area contributed by atoms with E-state index in [0.29, 0.717) is 12.1 Å². The number of aliphatic hydroxyl groups is 1. The summed E-state index contributed by atoms with van der Waals surface area (Å²) in [6.07, 6.45) is 0.206. The number of rotatable bonds is 6. The van der Waals surface area contributed by atoms with Gasteiger partial charge in [0.2, 0.25) is 0 Å². The Labute approximate surface area is 125 Å². The molecule has 0 fully saturated rings. The molecule has 2 rings (SSSR count). The fraction of sp³-hybridized carbons (Fsp3) is 0.333. The zero-order chi connectivity index (χ0) is 15.2. The number of hydrogen-bond acceptors (Lipinski definition) is 2. The van der Waals surface area contributed by atoms with Gasteiger partial charge in [0.1, 0.15) is 5.82 Å². The van der Waals surface area contributed by atoms with Gasteiger partial charge in [-0.3, -0.25) is 0 Å². The standard InChI is InChI=1S/C18H22FNO/c1-13-6-8-15(9-7-13)10-14(2)20-12-18(21)16-4-3-5-17(19)11-16/h3-9,11,14,18,20-21H,10,12H2,1-2H3. The lowest BCUT2D eigenvalue weighted by atomic mass is 10.0. The molecule has 0 spiro atoms. The maximum absolute atomic E-state index is 13.1. The first-order valence-corrected chi connectivity index (χ1v) is 7.27. The van der Waals surface area contributed by atoms with Crippen LogP contribution in [0.3, 0.4) is 0 Å². The van der Waals surface area contributed by atoms with Crippen molar-refractivity contribution in [2.75, 3.05) is 6.54 Å². The first kappa shape index (κ1) is 15.7. The summed E-state index contributed by atoms with van der Waals surface area (Å²) >= 11 is 0. The van der Waals surface area contributed by atoms with Crippen molar-refractivity contribution in [1.29, 1.82) is 0 Å². The van der Waals surface area contributed by atoms with Crippen LogP contribution in [0.4, 0.5) is 4.39 Å². The summed E-state index contributed by atoms with van der Waals surface area (Å²) in [7, 11) is 0. The van der Waals surface area contributed by atoms with Crippen molar-refractivity contribution in [3.63, 3.8) is 0 Å². The van der Waals surface area contributed by atoms with Crippen molar-refractivity contribution in [2.24, 2.45) is 0 Å². The first-order valence-electron chi connectivity index (χ1n) is 7.27. The molecule has 0 saturated carbocycles. The fourth-order valence-electron chi connectivity index (χ4n) is 2.29. The minimum absolute atomic E-state index is 0.246. The van der Waals surface area contributed by atoms with Crippen molar-refractivity contribution < 1.29 is 9.50 Å². The van der Waals surface area contributed by atoms with Crippen LogP contribution in [0.15, 0.2) is 48.5 Å². The van der Waals surface area contributed by atoms with E-state index >= 15 is 0 Å². The second kappa shape index (κ2) is 7.34. The quantitative estimate of drug-likeness (QED) is 0.853. The summed E-state index contributed by atoms with van der Waals surface area (Å²) in [5.41, 5.74) is 3.12. The molecule has 2 aromatic carbocycles. The van der Waals surface area contributed by atoms with E-state index < -0.39 is 6.10 Å². The van der Waals surface area contributed by atoms with E-state index in [1.54, 1.807) is 12.1 Å². The molecule has 2 aromatic rings. The Kier molecular flexibility index (Phi) is 5.48. The molecule has 112 valence electrons. The molecule has 0 heterocycles. The van der Waals surface area contributed by atoms with Crippen LogP contribution in [0.2, 0.25) is 0 Å². The number of aliphatic hydroxyl groups excluding tert-OH is 1. The molecule has 2 N–H and O–H groups in total. The van der Waals surface area contributed by atoms with Gasteiger partial charge in [-0.25, -0.2) is 4.39 Å². The number of hydrogen-bond donors (Lipinski definition) is 2. The summed E-state index contributed by atoms with van der Waals surface area (Å²) in [6, 6.07) is 14.8. The molecule has 0 radical (unpaired) electrons. The second-order valence-electron chi connectivity index (χ2n) is 5.57. The second-order valence-corrected chi connectivity index (χ2v) is 5.57. The van der Waals surface area contributed by atoms with Crippen molar-refractivity contribution in [3.05, 3.63) is 71.0 Å². The Hall–Kier alpha value is -1.71. The maximum Gasteiger partial charge on any atom is 0.123 e. The lowest BCUT2D eigenvalue weighted by Gasteiger charge is -2.17. The van der Waals surface area contributed by atoms with E-state index in [1.807, 2.05) is 0 Å². The Bertz CT molecular complexity index is 568. The van der Waals surface area contributed by atoms with E-state index in [1.165, 1.54) is 23.3 Å². The minimum Gasteiger partial charge on any atom is -0.387 e. The molecule has 0 aromatic heterocycles. The van der Waals surface area contributed by atoms with E-state index in [2.05, 4.69) is 43.4 Å². The number of benzene rings is 2. The van der Waals surface area contributed by atoms with Crippen LogP contribution in [0, 0.1) is 12.7 Å². The van der Waals surface area contributed by atoms with Gasteiger partial charge in [-0.2, -0.15) is 0 Å². The fourth-order valence-corrected chi connectivity index (χ4v) is 2.29. The highest BCUT2D eigenvalue weighted by atomic mass is 19.1. The predicted molar refractivity (Wildman–Crippen MR) is 83.7 cm³/mol. The van der Waals surface area contributed by atoms with Gasteiger partial charge in [0.15, 0.2) is 0 Å². The normalized spacial score (nSPS) is 13.9. The number of halogens is 1. The summed E-state index contributed by atoms with van der Waals surface area (Å²) in [6.45, 7) is 4.56. The van der Waals surface area contributed by atoms with E-state index in [9.17, 15) is 9.50 Å². The van der Waals surface area contributed by atoms with Crippen molar-refractivity contribution in [3.8, 4) is 0 Å². The van der Waals surface area contributed by atoms with Gasteiger partial charge in [-0.1, -0.05) is 42.0 Å². The zero-order valence-electron chi connectivity index (χ0n) is 12.5. The smallest absolute Gasteiger partial charge is 0.123 e. The molecule has 2 nitrogen and oxygen atoms in total. The molecular formula is C18H22FNO. The van der Waals surface area contributed by atoms with Crippen molar-refractivity contribution in [1.82, 2.24) is 5.32 Å². The highest BCUT2D eigenvalue weighted by Gasteiger charge is 2.10. The van der Waals surface area contributed by atoms with Gasteiger partial charge in [-0.15, -0.1) is 0 Å². The van der Waals surface area contributed by atoms with Gasteiger partial charge in [0, 0.05) is 12.6 Å². The lowest BCUT2D eigenvalue weighted by molar-refractivity contribution is 0.170. The van der Waals surface area contributed by atoms with Gasteiger partial charge < -0.3 is 10.4 Å². The van der Waals surface area contributed by atoms with E-state index in [0.717, 1.165) is 6.42 Å². The third-order valence-corrected chi connectivity index (χ3v) is 3.56. The molecule has 0 aliphatic heterocycles. The highest BCUT2D eigenvalue weighted by molar-refractivity contribution is 5.22. The third-order valence-electron chi connectivity index (χ3n) is 3.56. The summed E-state index contributed by atoms with van der Waals surface area (Å²) in [5, 5.41) is 13.4. The molecule has 0 aliphatic rings. The summed E-state index contributed by atoms with van der Waals surface area (Å²) in [5.74, 6) is -0.320. The third kappa shape index (κ3) is 4.96. The van der Waals surface area contributed by atoms with Crippen LogP contribution in [-0.2, 0) is 6.42 Å². The Balaban J connectivity index is 1.83. The Morgan fingerprint density at radius 2 is 1.86 bits per heavy atom. The minimum atomic E-state index is -0.693. The average Bonchev–Trinajstić information content (AvgIpc) is 2.47. The van der Waals surface area contributed by atoms with Crippen molar-refractivity contribution >= 4 is 0 Å². The van der Waals surface area contributed by atoms with Gasteiger partial charge in [0.05, 0.1) is 6.10 Å². The van der Waals surface area contributed by atoms with Crippen LogP contribution in [0.5, 0.6) is 0 Å². The topological polar surface area (TPSA) is 32.3 Å². The monoisotopic (exact) mass is 287 g/mol. The molecule has 0 saturated heterocycles.